The summed E-state index contributed by atoms with van der Waals surface area (Å²) in [7, 11) is 0. The van der Waals surface area contributed by atoms with Gasteiger partial charge in [-0.3, -0.25) is 10.1 Å². The smallest absolute Gasteiger partial charge is 0.238 e. The number of hydrogen-bond donors (Lipinski definition) is 2. The van der Waals surface area contributed by atoms with Gasteiger partial charge in [-0.2, -0.15) is 0 Å². The highest BCUT2D eigenvalue weighted by Gasteiger charge is 2.21. The van der Waals surface area contributed by atoms with E-state index < -0.39 is 0 Å². The summed E-state index contributed by atoms with van der Waals surface area (Å²) in [4.78, 5) is 13.0. The van der Waals surface area contributed by atoms with Gasteiger partial charge >= 0.3 is 0 Å². The van der Waals surface area contributed by atoms with Crippen molar-refractivity contribution in [3.63, 3.8) is 0 Å². The number of hydrogen-bond acceptors (Lipinski definition) is 4. The van der Waals surface area contributed by atoms with E-state index in [0.717, 1.165) is 17.2 Å². The molecule has 0 saturated carbocycles. The van der Waals surface area contributed by atoms with Crippen LogP contribution in [0.15, 0.2) is 29.2 Å². The number of thioether (sulfide) groups is 2. The number of nitrogens with one attached hydrogen (secondary N) is 2. The fourth-order valence-corrected chi connectivity index (χ4v) is 2.97. The summed E-state index contributed by atoms with van der Waals surface area (Å²) in [5, 5.41) is 6.12. The van der Waals surface area contributed by atoms with Crippen LogP contribution in [0.2, 0.25) is 0 Å². The average molecular weight is 305 g/mol. The van der Waals surface area contributed by atoms with Gasteiger partial charge in [-0.15, -0.1) is 35.9 Å². The molecule has 18 heavy (non-hydrogen) atoms. The number of amides is 1. The van der Waals surface area contributed by atoms with Gasteiger partial charge in [0.05, 0.1) is 6.04 Å². The van der Waals surface area contributed by atoms with Crippen LogP contribution in [-0.2, 0) is 11.3 Å². The van der Waals surface area contributed by atoms with Crippen LogP contribution in [0.25, 0.3) is 0 Å². The summed E-state index contributed by atoms with van der Waals surface area (Å²) in [5.74, 6) is 1.85. The van der Waals surface area contributed by atoms with Crippen molar-refractivity contribution in [3.05, 3.63) is 29.8 Å². The van der Waals surface area contributed by atoms with Crippen LogP contribution in [-0.4, -0.2) is 29.8 Å². The topological polar surface area (TPSA) is 41.1 Å². The van der Waals surface area contributed by atoms with Gasteiger partial charge in [0.1, 0.15) is 0 Å². The second-order valence-corrected chi connectivity index (χ2v) is 5.75. The van der Waals surface area contributed by atoms with Gasteiger partial charge in [0.2, 0.25) is 5.91 Å². The van der Waals surface area contributed by atoms with Crippen molar-refractivity contribution in [3.8, 4) is 0 Å². The quantitative estimate of drug-likeness (QED) is 0.836. The normalized spacial score (nSPS) is 18.2. The number of carbonyl (C=O) groups excluding carboxylic acids is 1. The zero-order valence-electron chi connectivity index (χ0n) is 10.1. The molecule has 1 aliphatic heterocycles. The Bertz CT molecular complexity index is 380. The Morgan fingerprint density at radius 1 is 1.50 bits per heavy atom. The van der Waals surface area contributed by atoms with Gasteiger partial charge in [0, 0.05) is 23.1 Å². The molecule has 100 valence electrons. The molecule has 1 amide bonds. The molecule has 0 aliphatic carbocycles. The minimum Gasteiger partial charge on any atom is -0.351 e. The maximum atomic E-state index is 11.8. The third-order valence-electron chi connectivity index (χ3n) is 2.66. The van der Waals surface area contributed by atoms with Crippen LogP contribution < -0.4 is 10.6 Å². The Labute approximate surface area is 122 Å². The molecule has 1 aromatic carbocycles. The lowest BCUT2D eigenvalue weighted by Gasteiger charge is -2.10. The van der Waals surface area contributed by atoms with Crippen molar-refractivity contribution in [2.75, 3.05) is 17.9 Å². The molecular weight excluding hydrogens is 288 g/mol. The zero-order chi connectivity index (χ0) is 12.1. The fraction of sp³-hybridized carbons (Fsp3) is 0.417. The first-order chi connectivity index (χ1) is 8.29. The van der Waals surface area contributed by atoms with Crippen molar-refractivity contribution >= 4 is 41.8 Å². The molecule has 1 fully saturated rings. The Balaban J connectivity index is 0.00000162. The zero-order valence-corrected chi connectivity index (χ0v) is 12.6. The summed E-state index contributed by atoms with van der Waals surface area (Å²) in [6.07, 6.45) is 2.06. The molecule has 0 spiro atoms. The SMILES string of the molecule is CSc1ccc(CNC(=O)C2CSCN2)cc1.Cl. The third-order valence-corrected chi connectivity index (χ3v) is 4.34. The molecule has 1 aliphatic rings. The highest BCUT2D eigenvalue weighted by atomic mass is 35.5. The lowest BCUT2D eigenvalue weighted by molar-refractivity contribution is -0.122. The molecule has 1 atom stereocenters. The van der Waals surface area contributed by atoms with E-state index in [2.05, 4.69) is 41.2 Å². The highest BCUT2D eigenvalue weighted by molar-refractivity contribution is 7.99. The van der Waals surface area contributed by atoms with Crippen molar-refractivity contribution in [2.24, 2.45) is 0 Å². The van der Waals surface area contributed by atoms with E-state index in [1.807, 2.05) is 0 Å². The van der Waals surface area contributed by atoms with Gasteiger partial charge < -0.3 is 5.32 Å². The van der Waals surface area contributed by atoms with Crippen molar-refractivity contribution < 1.29 is 4.79 Å². The van der Waals surface area contributed by atoms with Crippen molar-refractivity contribution in [1.82, 2.24) is 10.6 Å². The van der Waals surface area contributed by atoms with Crippen LogP contribution in [0.3, 0.4) is 0 Å². The first-order valence-corrected chi connectivity index (χ1v) is 7.89. The van der Waals surface area contributed by atoms with Crippen LogP contribution >= 0.6 is 35.9 Å². The maximum Gasteiger partial charge on any atom is 0.238 e. The lowest BCUT2D eigenvalue weighted by atomic mass is 10.2. The second kappa shape index (κ2) is 7.94. The van der Waals surface area contributed by atoms with Gasteiger partial charge in [-0.05, 0) is 24.0 Å². The predicted molar refractivity (Wildman–Crippen MR) is 81.6 cm³/mol. The van der Waals surface area contributed by atoms with E-state index in [0.29, 0.717) is 6.54 Å². The molecular formula is C12H17ClN2OS2. The van der Waals surface area contributed by atoms with E-state index in [1.165, 1.54) is 4.90 Å². The number of benzene rings is 1. The Morgan fingerprint density at radius 2 is 2.22 bits per heavy atom. The summed E-state index contributed by atoms with van der Waals surface area (Å²) >= 11 is 3.48. The molecule has 0 aromatic heterocycles. The van der Waals surface area contributed by atoms with Crippen molar-refractivity contribution in [2.45, 2.75) is 17.5 Å². The standard InChI is InChI=1S/C12H16N2OS2.ClH/c1-16-10-4-2-9(3-5-10)6-13-12(15)11-7-17-8-14-11;/h2-5,11,14H,6-8H2,1H3,(H,13,15);1H. The minimum atomic E-state index is -0.0227. The monoisotopic (exact) mass is 304 g/mol. The van der Waals surface area contributed by atoms with Gasteiger partial charge in [0.15, 0.2) is 0 Å². The summed E-state index contributed by atoms with van der Waals surface area (Å²) < 4.78 is 0. The average Bonchev–Trinajstić information content (AvgIpc) is 2.90. The van der Waals surface area contributed by atoms with Gasteiger partial charge in [-0.25, -0.2) is 0 Å². The Hall–Kier alpha value is -0.360. The molecule has 2 N–H and O–H groups in total. The van der Waals surface area contributed by atoms with Gasteiger partial charge in [0.25, 0.3) is 0 Å². The molecule has 0 radical (unpaired) electrons. The summed E-state index contributed by atoms with van der Waals surface area (Å²) in [6, 6.07) is 8.25. The molecule has 6 heteroatoms. The fourth-order valence-electron chi connectivity index (χ4n) is 1.62. The largest absolute Gasteiger partial charge is 0.351 e. The number of halogens is 1. The Kier molecular flexibility index (Phi) is 6.92. The number of carbonyl (C=O) groups is 1. The van der Waals surface area contributed by atoms with E-state index in [1.54, 1.807) is 23.5 Å². The third kappa shape index (κ3) is 4.39. The van der Waals surface area contributed by atoms with Crippen molar-refractivity contribution in [1.29, 1.82) is 0 Å². The van der Waals surface area contributed by atoms with Crippen LogP contribution in [0.4, 0.5) is 0 Å². The first-order valence-electron chi connectivity index (χ1n) is 5.51. The van der Waals surface area contributed by atoms with E-state index in [4.69, 9.17) is 0 Å². The highest BCUT2D eigenvalue weighted by Crippen LogP contribution is 2.15. The predicted octanol–water partition coefficient (Wildman–Crippen LogP) is 2.11. The minimum absolute atomic E-state index is 0. The van der Waals surface area contributed by atoms with Crippen LogP contribution in [0.5, 0.6) is 0 Å². The molecule has 3 nitrogen and oxygen atoms in total. The summed E-state index contributed by atoms with van der Waals surface area (Å²) in [5.41, 5.74) is 1.14. The van der Waals surface area contributed by atoms with E-state index in [-0.39, 0.29) is 24.4 Å². The lowest BCUT2D eigenvalue weighted by Crippen LogP contribution is -2.41. The summed E-state index contributed by atoms with van der Waals surface area (Å²) in [6.45, 7) is 0.607. The molecule has 1 heterocycles. The first kappa shape index (κ1) is 15.7. The van der Waals surface area contributed by atoms with Crippen LogP contribution in [0, 0.1) is 0 Å². The van der Waals surface area contributed by atoms with Gasteiger partial charge in [-0.1, -0.05) is 12.1 Å². The Morgan fingerprint density at radius 3 is 2.78 bits per heavy atom. The van der Waals surface area contributed by atoms with Crippen LogP contribution in [0.1, 0.15) is 5.56 Å². The second-order valence-electron chi connectivity index (χ2n) is 3.84. The maximum absolute atomic E-state index is 11.8. The molecule has 0 bridgehead atoms. The molecule has 1 aromatic rings. The molecule has 2 rings (SSSR count). The van der Waals surface area contributed by atoms with E-state index >= 15 is 0 Å². The molecule has 1 unspecified atom stereocenters. The molecule has 1 saturated heterocycles. The number of rotatable bonds is 4. The van der Waals surface area contributed by atoms with E-state index in [9.17, 15) is 4.79 Å².